The van der Waals surface area contributed by atoms with E-state index in [-0.39, 0.29) is 11.3 Å². The van der Waals surface area contributed by atoms with E-state index >= 15 is 0 Å². The van der Waals surface area contributed by atoms with Gasteiger partial charge in [-0.2, -0.15) is 0 Å². The summed E-state index contributed by atoms with van der Waals surface area (Å²) in [6.07, 6.45) is 2.09. The van der Waals surface area contributed by atoms with Crippen LogP contribution in [0.5, 0.6) is 0 Å². The zero-order valence-corrected chi connectivity index (χ0v) is 5.96. The number of carbonyl (C=O) groups is 2. The van der Waals surface area contributed by atoms with E-state index in [1.807, 2.05) is 0 Å². The summed E-state index contributed by atoms with van der Waals surface area (Å²) >= 11 is 0. The molecule has 0 aliphatic rings. The van der Waals surface area contributed by atoms with Crippen molar-refractivity contribution < 1.29 is 14.3 Å². The summed E-state index contributed by atoms with van der Waals surface area (Å²) < 4.78 is 4.42. The second-order valence-electron chi connectivity index (χ2n) is 1.91. The van der Waals surface area contributed by atoms with Gasteiger partial charge in [-0.3, -0.25) is 4.79 Å². The van der Waals surface area contributed by atoms with E-state index in [0.29, 0.717) is 6.29 Å². The minimum absolute atomic E-state index is 0.247. The zero-order chi connectivity index (χ0) is 8.27. The number of methoxy groups -OCH3 is 1. The highest BCUT2D eigenvalue weighted by molar-refractivity contribution is 5.97. The normalized spacial score (nSPS) is 9.18. The number of aromatic amines is 1. The Balaban J connectivity index is 3.01. The van der Waals surface area contributed by atoms with Gasteiger partial charge < -0.3 is 9.72 Å². The summed E-state index contributed by atoms with van der Waals surface area (Å²) in [5.41, 5.74) is 0.513. The number of ether oxygens (including phenoxy) is 1. The second-order valence-corrected chi connectivity index (χ2v) is 1.91. The maximum Gasteiger partial charge on any atom is 0.340 e. The van der Waals surface area contributed by atoms with Crippen LogP contribution >= 0.6 is 0 Å². The van der Waals surface area contributed by atoms with Gasteiger partial charge in [-0.25, -0.2) is 4.79 Å². The largest absolute Gasteiger partial charge is 0.465 e. The van der Waals surface area contributed by atoms with Crippen molar-refractivity contribution in [3.05, 3.63) is 23.5 Å². The Hall–Kier alpha value is -1.58. The molecule has 0 unspecified atom stereocenters. The first-order chi connectivity index (χ1) is 5.29. The molecule has 1 N–H and O–H groups in total. The SMILES string of the molecule is COC(=O)c1cc[nH]c1C=O. The quantitative estimate of drug-likeness (QED) is 0.500. The van der Waals surface area contributed by atoms with Crippen LogP contribution in [-0.2, 0) is 4.74 Å². The molecular weight excluding hydrogens is 146 g/mol. The Labute approximate surface area is 63.2 Å². The van der Waals surface area contributed by atoms with Crippen molar-refractivity contribution in [2.45, 2.75) is 0 Å². The van der Waals surface area contributed by atoms with E-state index < -0.39 is 5.97 Å². The van der Waals surface area contributed by atoms with Crippen LogP contribution in [0.2, 0.25) is 0 Å². The Morgan fingerprint density at radius 1 is 1.73 bits per heavy atom. The third-order valence-corrected chi connectivity index (χ3v) is 1.30. The smallest absolute Gasteiger partial charge is 0.340 e. The molecule has 1 aromatic heterocycles. The van der Waals surface area contributed by atoms with Gasteiger partial charge in [0.05, 0.1) is 18.4 Å². The summed E-state index contributed by atoms with van der Waals surface area (Å²) in [4.78, 5) is 23.7. The summed E-state index contributed by atoms with van der Waals surface area (Å²) in [5.74, 6) is -0.506. The van der Waals surface area contributed by atoms with Crippen LogP contribution in [0.4, 0.5) is 0 Å². The van der Waals surface area contributed by atoms with E-state index in [1.54, 1.807) is 0 Å². The average molecular weight is 153 g/mol. The van der Waals surface area contributed by atoms with Crippen molar-refractivity contribution in [1.82, 2.24) is 4.98 Å². The molecule has 0 fully saturated rings. The second kappa shape index (κ2) is 3.01. The lowest BCUT2D eigenvalue weighted by Crippen LogP contribution is -2.02. The molecule has 0 amide bonds. The monoisotopic (exact) mass is 153 g/mol. The number of carbonyl (C=O) groups excluding carboxylic acids is 2. The topological polar surface area (TPSA) is 59.2 Å². The minimum atomic E-state index is -0.506. The highest BCUT2D eigenvalue weighted by atomic mass is 16.5. The summed E-state index contributed by atoms with van der Waals surface area (Å²) in [6.45, 7) is 0. The molecule has 1 rings (SSSR count). The predicted molar refractivity (Wildman–Crippen MR) is 37.5 cm³/mol. The number of hydrogen-bond donors (Lipinski definition) is 1. The van der Waals surface area contributed by atoms with Crippen LogP contribution < -0.4 is 0 Å². The maximum absolute atomic E-state index is 10.9. The summed E-state index contributed by atoms with van der Waals surface area (Å²) in [6, 6.07) is 1.50. The Morgan fingerprint density at radius 3 is 3.00 bits per heavy atom. The van der Waals surface area contributed by atoms with Crippen molar-refractivity contribution in [1.29, 1.82) is 0 Å². The molecule has 0 aromatic carbocycles. The summed E-state index contributed by atoms with van der Waals surface area (Å²) in [5, 5.41) is 0. The van der Waals surface area contributed by atoms with E-state index in [0.717, 1.165) is 0 Å². The van der Waals surface area contributed by atoms with Crippen LogP contribution in [0.25, 0.3) is 0 Å². The standard InChI is InChI=1S/C7H7NO3/c1-11-7(10)5-2-3-8-6(5)4-9/h2-4,8H,1H3. The fraction of sp³-hybridized carbons (Fsp3) is 0.143. The van der Waals surface area contributed by atoms with Gasteiger partial charge in [0.1, 0.15) is 0 Å². The molecule has 1 heterocycles. The Kier molecular flexibility index (Phi) is 2.06. The lowest BCUT2D eigenvalue weighted by molar-refractivity contribution is 0.0598. The first-order valence-corrected chi connectivity index (χ1v) is 3.00. The van der Waals surface area contributed by atoms with Crippen molar-refractivity contribution in [3.63, 3.8) is 0 Å². The first kappa shape index (κ1) is 7.53. The zero-order valence-electron chi connectivity index (χ0n) is 5.96. The number of hydrogen-bond acceptors (Lipinski definition) is 3. The average Bonchev–Trinajstić information content (AvgIpc) is 2.50. The van der Waals surface area contributed by atoms with Crippen LogP contribution in [0.15, 0.2) is 12.3 Å². The fourth-order valence-corrected chi connectivity index (χ4v) is 0.768. The molecule has 0 spiro atoms. The Morgan fingerprint density at radius 2 is 2.45 bits per heavy atom. The molecule has 58 valence electrons. The van der Waals surface area contributed by atoms with E-state index in [1.165, 1.54) is 19.4 Å². The van der Waals surface area contributed by atoms with Gasteiger partial charge in [0, 0.05) is 6.20 Å². The molecular formula is C7H7NO3. The van der Waals surface area contributed by atoms with Gasteiger partial charge in [-0.1, -0.05) is 0 Å². The van der Waals surface area contributed by atoms with Crippen molar-refractivity contribution in [2.75, 3.05) is 7.11 Å². The third kappa shape index (κ3) is 1.29. The fourth-order valence-electron chi connectivity index (χ4n) is 0.768. The maximum atomic E-state index is 10.9. The van der Waals surface area contributed by atoms with Gasteiger partial charge >= 0.3 is 5.97 Å². The predicted octanol–water partition coefficient (Wildman–Crippen LogP) is 0.614. The Bertz CT molecular complexity index is 277. The van der Waals surface area contributed by atoms with Gasteiger partial charge in [0.15, 0.2) is 6.29 Å². The van der Waals surface area contributed by atoms with E-state index in [2.05, 4.69) is 9.72 Å². The molecule has 0 aliphatic carbocycles. The van der Waals surface area contributed by atoms with E-state index in [9.17, 15) is 9.59 Å². The van der Waals surface area contributed by atoms with Crippen LogP contribution in [0.1, 0.15) is 20.8 Å². The molecule has 0 saturated carbocycles. The molecule has 1 aromatic rings. The van der Waals surface area contributed by atoms with Gasteiger partial charge in [-0.05, 0) is 6.07 Å². The third-order valence-electron chi connectivity index (χ3n) is 1.30. The van der Waals surface area contributed by atoms with Crippen molar-refractivity contribution in [2.24, 2.45) is 0 Å². The number of aldehydes is 1. The lowest BCUT2D eigenvalue weighted by atomic mass is 10.2. The minimum Gasteiger partial charge on any atom is -0.465 e. The first-order valence-electron chi connectivity index (χ1n) is 3.00. The molecule has 0 aliphatic heterocycles. The van der Waals surface area contributed by atoms with Crippen LogP contribution in [0, 0.1) is 0 Å². The van der Waals surface area contributed by atoms with Gasteiger partial charge in [0.2, 0.25) is 0 Å². The molecule has 0 radical (unpaired) electrons. The molecule has 0 atom stereocenters. The van der Waals surface area contributed by atoms with Crippen molar-refractivity contribution in [3.8, 4) is 0 Å². The lowest BCUT2D eigenvalue weighted by Gasteiger charge is -1.94. The number of nitrogens with one attached hydrogen (secondary N) is 1. The van der Waals surface area contributed by atoms with Crippen molar-refractivity contribution >= 4 is 12.3 Å². The summed E-state index contributed by atoms with van der Waals surface area (Å²) in [7, 11) is 1.27. The van der Waals surface area contributed by atoms with Gasteiger partial charge in [0.25, 0.3) is 0 Å². The number of esters is 1. The number of rotatable bonds is 2. The van der Waals surface area contributed by atoms with Crippen LogP contribution in [-0.4, -0.2) is 24.3 Å². The molecule has 4 heteroatoms. The number of H-pyrrole nitrogens is 1. The highest BCUT2D eigenvalue weighted by Gasteiger charge is 2.10. The molecule has 0 bridgehead atoms. The molecule has 4 nitrogen and oxygen atoms in total. The van der Waals surface area contributed by atoms with E-state index in [4.69, 9.17) is 0 Å². The number of aromatic nitrogens is 1. The van der Waals surface area contributed by atoms with Crippen LogP contribution in [0.3, 0.4) is 0 Å². The molecule has 0 saturated heterocycles. The highest BCUT2D eigenvalue weighted by Crippen LogP contribution is 2.04. The molecule has 11 heavy (non-hydrogen) atoms. The van der Waals surface area contributed by atoms with Gasteiger partial charge in [-0.15, -0.1) is 0 Å².